The van der Waals surface area contributed by atoms with E-state index in [1.165, 1.54) is 19.2 Å². The van der Waals surface area contributed by atoms with Crippen molar-refractivity contribution in [2.45, 2.75) is 6.92 Å². The van der Waals surface area contributed by atoms with Crippen LogP contribution in [0.25, 0.3) is 0 Å². The quantitative estimate of drug-likeness (QED) is 0.778. The van der Waals surface area contributed by atoms with Gasteiger partial charge in [0.2, 0.25) is 0 Å². The molecular weight excluding hydrogens is 198 g/mol. The van der Waals surface area contributed by atoms with Crippen molar-refractivity contribution in [1.29, 1.82) is 0 Å². The molecular formula is C10H11NO4. The van der Waals surface area contributed by atoms with Crippen molar-refractivity contribution in [2.75, 3.05) is 11.9 Å². The molecule has 0 atom stereocenters. The third kappa shape index (κ3) is 2.25. The molecule has 1 amide bonds. The first kappa shape index (κ1) is 11.0. The maximum atomic E-state index is 10.9. The van der Waals surface area contributed by atoms with Gasteiger partial charge in [0, 0.05) is 7.05 Å². The average Bonchev–Trinajstić information content (AvgIpc) is 2.16. The van der Waals surface area contributed by atoms with Crippen LogP contribution in [0.5, 0.6) is 0 Å². The van der Waals surface area contributed by atoms with Crippen LogP contribution in [-0.4, -0.2) is 29.3 Å². The molecule has 0 saturated heterocycles. The SMILES string of the molecule is Cc1ccc(N(C)C(=O)O)c(C(=O)O)c1. The Hall–Kier alpha value is -2.04. The predicted molar refractivity (Wildman–Crippen MR) is 54.6 cm³/mol. The molecule has 0 aliphatic heterocycles. The number of rotatable bonds is 2. The Morgan fingerprint density at radius 3 is 2.33 bits per heavy atom. The Morgan fingerprint density at radius 1 is 1.27 bits per heavy atom. The van der Waals surface area contributed by atoms with Gasteiger partial charge >= 0.3 is 12.1 Å². The van der Waals surface area contributed by atoms with E-state index >= 15 is 0 Å². The lowest BCUT2D eigenvalue weighted by atomic mass is 10.1. The Balaban J connectivity index is 3.28. The van der Waals surface area contributed by atoms with E-state index in [-0.39, 0.29) is 11.3 Å². The molecule has 0 aromatic heterocycles. The van der Waals surface area contributed by atoms with Crippen molar-refractivity contribution < 1.29 is 19.8 Å². The zero-order valence-electron chi connectivity index (χ0n) is 8.39. The Morgan fingerprint density at radius 2 is 1.87 bits per heavy atom. The summed E-state index contributed by atoms with van der Waals surface area (Å²) < 4.78 is 0. The van der Waals surface area contributed by atoms with E-state index in [9.17, 15) is 9.59 Å². The zero-order valence-corrected chi connectivity index (χ0v) is 8.39. The minimum absolute atomic E-state index is 0.0140. The second kappa shape index (κ2) is 4.00. The van der Waals surface area contributed by atoms with Crippen molar-refractivity contribution >= 4 is 17.7 Å². The van der Waals surface area contributed by atoms with Crippen LogP contribution in [0, 0.1) is 6.92 Å². The minimum atomic E-state index is -1.19. The van der Waals surface area contributed by atoms with Gasteiger partial charge in [-0.15, -0.1) is 0 Å². The number of hydrogen-bond donors (Lipinski definition) is 2. The summed E-state index contributed by atoms with van der Waals surface area (Å²) in [7, 11) is 1.30. The van der Waals surface area contributed by atoms with Crippen LogP contribution in [0.15, 0.2) is 18.2 Å². The van der Waals surface area contributed by atoms with E-state index < -0.39 is 12.1 Å². The third-order valence-corrected chi connectivity index (χ3v) is 2.03. The maximum absolute atomic E-state index is 10.9. The van der Waals surface area contributed by atoms with Crippen molar-refractivity contribution in [2.24, 2.45) is 0 Å². The lowest BCUT2D eigenvalue weighted by Crippen LogP contribution is -2.25. The summed E-state index contributed by atoms with van der Waals surface area (Å²) >= 11 is 0. The largest absolute Gasteiger partial charge is 0.478 e. The lowest BCUT2D eigenvalue weighted by Gasteiger charge is -2.15. The van der Waals surface area contributed by atoms with E-state index in [0.29, 0.717) is 0 Å². The van der Waals surface area contributed by atoms with Gasteiger partial charge in [0.1, 0.15) is 0 Å². The van der Waals surface area contributed by atoms with Crippen LogP contribution in [0.3, 0.4) is 0 Å². The molecule has 5 heteroatoms. The van der Waals surface area contributed by atoms with Gasteiger partial charge in [-0.05, 0) is 19.1 Å². The monoisotopic (exact) mass is 209 g/mol. The summed E-state index contributed by atoms with van der Waals surface area (Å²) in [6, 6.07) is 4.59. The van der Waals surface area contributed by atoms with Gasteiger partial charge in [0.15, 0.2) is 0 Å². The molecule has 0 aliphatic carbocycles. The molecule has 0 fully saturated rings. The Labute approximate surface area is 86.6 Å². The molecule has 5 nitrogen and oxygen atoms in total. The number of hydrogen-bond acceptors (Lipinski definition) is 2. The highest BCUT2D eigenvalue weighted by atomic mass is 16.4. The minimum Gasteiger partial charge on any atom is -0.478 e. The van der Waals surface area contributed by atoms with Crippen LogP contribution in [-0.2, 0) is 0 Å². The average molecular weight is 209 g/mol. The summed E-state index contributed by atoms with van der Waals surface area (Å²) in [5.74, 6) is -1.14. The lowest BCUT2D eigenvalue weighted by molar-refractivity contribution is 0.0697. The molecule has 0 spiro atoms. The number of carbonyl (C=O) groups is 2. The molecule has 0 bridgehead atoms. The zero-order chi connectivity index (χ0) is 11.6. The van der Waals surface area contributed by atoms with E-state index in [4.69, 9.17) is 10.2 Å². The standard InChI is InChI=1S/C10H11NO4/c1-6-3-4-8(11(2)10(14)15)7(5-6)9(12)13/h3-5H,1-2H3,(H,12,13)(H,14,15). The summed E-state index contributed by atoms with van der Waals surface area (Å²) in [4.78, 5) is 22.5. The first-order chi connectivity index (χ1) is 6.93. The molecule has 0 saturated carbocycles. The van der Waals surface area contributed by atoms with E-state index in [1.54, 1.807) is 13.0 Å². The number of amides is 1. The summed E-state index contributed by atoms with van der Waals surface area (Å²) in [6.07, 6.45) is -1.19. The van der Waals surface area contributed by atoms with Gasteiger partial charge in [-0.25, -0.2) is 9.59 Å². The summed E-state index contributed by atoms with van der Waals surface area (Å²) in [5, 5.41) is 17.6. The number of nitrogens with zero attached hydrogens (tertiary/aromatic N) is 1. The second-order valence-electron chi connectivity index (χ2n) is 3.17. The molecule has 1 rings (SSSR count). The molecule has 2 N–H and O–H groups in total. The van der Waals surface area contributed by atoms with E-state index in [1.807, 2.05) is 0 Å². The first-order valence-electron chi connectivity index (χ1n) is 4.24. The molecule has 0 radical (unpaired) electrons. The number of carboxylic acid groups (broad SMARTS) is 2. The van der Waals surface area contributed by atoms with Crippen LogP contribution >= 0.6 is 0 Å². The van der Waals surface area contributed by atoms with Crippen LogP contribution < -0.4 is 4.90 Å². The van der Waals surface area contributed by atoms with Crippen LogP contribution in [0.2, 0.25) is 0 Å². The van der Waals surface area contributed by atoms with Crippen molar-refractivity contribution in [3.8, 4) is 0 Å². The van der Waals surface area contributed by atoms with Gasteiger partial charge in [-0.3, -0.25) is 4.90 Å². The molecule has 1 aromatic carbocycles. The molecule has 0 aliphatic rings. The third-order valence-electron chi connectivity index (χ3n) is 2.03. The maximum Gasteiger partial charge on any atom is 0.411 e. The number of anilines is 1. The number of aromatic carboxylic acids is 1. The number of aryl methyl sites for hydroxylation is 1. The van der Waals surface area contributed by atoms with Gasteiger partial charge in [-0.1, -0.05) is 11.6 Å². The Bertz CT molecular complexity index is 414. The fourth-order valence-electron chi connectivity index (χ4n) is 1.22. The smallest absolute Gasteiger partial charge is 0.411 e. The van der Waals surface area contributed by atoms with Gasteiger partial charge in [0.05, 0.1) is 11.3 Å². The van der Waals surface area contributed by atoms with Crippen molar-refractivity contribution in [3.05, 3.63) is 29.3 Å². The fourth-order valence-corrected chi connectivity index (χ4v) is 1.22. The van der Waals surface area contributed by atoms with Crippen LogP contribution in [0.1, 0.15) is 15.9 Å². The highest BCUT2D eigenvalue weighted by molar-refractivity contribution is 5.99. The molecule has 80 valence electrons. The molecule has 15 heavy (non-hydrogen) atoms. The molecule has 1 aromatic rings. The number of carboxylic acids is 1. The Kier molecular flexibility index (Phi) is 2.94. The first-order valence-corrected chi connectivity index (χ1v) is 4.24. The molecule has 0 unspecified atom stereocenters. The van der Waals surface area contributed by atoms with Crippen molar-refractivity contribution in [3.63, 3.8) is 0 Å². The topological polar surface area (TPSA) is 77.8 Å². The van der Waals surface area contributed by atoms with E-state index in [2.05, 4.69) is 0 Å². The fraction of sp³-hybridized carbons (Fsp3) is 0.200. The molecule has 0 heterocycles. The highest BCUT2D eigenvalue weighted by Crippen LogP contribution is 2.21. The van der Waals surface area contributed by atoms with Gasteiger partial charge < -0.3 is 10.2 Å². The summed E-state index contributed by atoms with van der Waals surface area (Å²) in [5.41, 5.74) is 0.926. The van der Waals surface area contributed by atoms with Crippen LogP contribution in [0.4, 0.5) is 10.5 Å². The number of benzene rings is 1. The van der Waals surface area contributed by atoms with Crippen molar-refractivity contribution in [1.82, 2.24) is 0 Å². The second-order valence-corrected chi connectivity index (χ2v) is 3.17. The van der Waals surface area contributed by atoms with E-state index in [0.717, 1.165) is 10.5 Å². The predicted octanol–water partition coefficient (Wildman–Crippen LogP) is 1.81. The summed E-state index contributed by atoms with van der Waals surface area (Å²) in [6.45, 7) is 1.75. The van der Waals surface area contributed by atoms with Gasteiger partial charge in [-0.2, -0.15) is 0 Å². The normalized spacial score (nSPS) is 9.73. The highest BCUT2D eigenvalue weighted by Gasteiger charge is 2.17. The van der Waals surface area contributed by atoms with Gasteiger partial charge in [0.25, 0.3) is 0 Å².